The quantitative estimate of drug-likeness (QED) is 0.671. The SMILES string of the molecule is CC(C)[C@]1(O)C[C@H]2CC(=O)C[C@H]2C1. The summed E-state index contributed by atoms with van der Waals surface area (Å²) in [4.78, 5) is 11.2. The van der Waals surface area contributed by atoms with Gasteiger partial charge in [0.25, 0.3) is 0 Å². The van der Waals surface area contributed by atoms with Crippen molar-refractivity contribution in [3.8, 4) is 0 Å². The molecule has 13 heavy (non-hydrogen) atoms. The topological polar surface area (TPSA) is 37.3 Å². The van der Waals surface area contributed by atoms with Gasteiger partial charge in [0, 0.05) is 12.8 Å². The lowest BCUT2D eigenvalue weighted by molar-refractivity contribution is -0.118. The molecule has 0 heterocycles. The molecule has 0 aliphatic heterocycles. The predicted molar refractivity (Wildman–Crippen MR) is 50.2 cm³/mol. The van der Waals surface area contributed by atoms with Crippen molar-refractivity contribution in [3.63, 3.8) is 0 Å². The second-order valence-corrected chi connectivity index (χ2v) is 5.13. The number of hydrogen-bond donors (Lipinski definition) is 1. The number of aliphatic hydroxyl groups is 1. The molecule has 0 amide bonds. The Hall–Kier alpha value is -0.370. The maximum absolute atomic E-state index is 11.2. The van der Waals surface area contributed by atoms with Crippen LogP contribution >= 0.6 is 0 Å². The zero-order valence-corrected chi connectivity index (χ0v) is 8.42. The first-order valence-electron chi connectivity index (χ1n) is 5.25. The minimum absolute atomic E-state index is 0.327. The second-order valence-electron chi connectivity index (χ2n) is 5.13. The van der Waals surface area contributed by atoms with E-state index in [1.54, 1.807) is 0 Å². The molecule has 2 aliphatic carbocycles. The van der Waals surface area contributed by atoms with Crippen LogP contribution in [0.25, 0.3) is 0 Å². The Bertz CT molecular complexity index is 216. The molecule has 0 radical (unpaired) electrons. The maximum Gasteiger partial charge on any atom is 0.133 e. The first-order valence-corrected chi connectivity index (χ1v) is 5.25. The number of carbonyl (C=O) groups excluding carboxylic acids is 1. The second kappa shape index (κ2) is 2.81. The molecule has 2 nitrogen and oxygen atoms in total. The Morgan fingerprint density at radius 2 is 1.77 bits per heavy atom. The average molecular weight is 182 g/mol. The van der Waals surface area contributed by atoms with E-state index in [-0.39, 0.29) is 0 Å². The van der Waals surface area contributed by atoms with Crippen molar-refractivity contribution >= 4 is 5.78 Å². The minimum Gasteiger partial charge on any atom is -0.390 e. The summed E-state index contributed by atoms with van der Waals surface area (Å²) in [6.45, 7) is 4.14. The van der Waals surface area contributed by atoms with Crippen molar-refractivity contribution in [1.29, 1.82) is 0 Å². The van der Waals surface area contributed by atoms with Gasteiger partial charge < -0.3 is 5.11 Å². The standard InChI is InChI=1S/C11H18O2/c1-7(2)11(13)5-8-3-10(12)4-9(8)6-11/h7-9,13H,3-6H2,1-2H3/t8-,9+,11+. The highest BCUT2D eigenvalue weighted by molar-refractivity contribution is 5.81. The molecule has 74 valence electrons. The molecule has 0 aromatic carbocycles. The van der Waals surface area contributed by atoms with Crippen LogP contribution < -0.4 is 0 Å². The van der Waals surface area contributed by atoms with Crippen LogP contribution in [0.1, 0.15) is 39.5 Å². The molecule has 0 aromatic rings. The Morgan fingerprint density at radius 1 is 1.31 bits per heavy atom. The van der Waals surface area contributed by atoms with Gasteiger partial charge in [-0.3, -0.25) is 4.79 Å². The molecule has 2 saturated carbocycles. The summed E-state index contributed by atoms with van der Waals surface area (Å²) in [6.07, 6.45) is 3.14. The van der Waals surface area contributed by atoms with E-state index in [2.05, 4.69) is 13.8 Å². The van der Waals surface area contributed by atoms with Crippen molar-refractivity contribution in [2.75, 3.05) is 0 Å². The van der Waals surface area contributed by atoms with Crippen molar-refractivity contribution in [2.24, 2.45) is 17.8 Å². The van der Waals surface area contributed by atoms with E-state index >= 15 is 0 Å². The molecule has 0 spiro atoms. The van der Waals surface area contributed by atoms with Crippen LogP contribution in [0, 0.1) is 17.8 Å². The normalized spacial score (nSPS) is 44.5. The number of ketones is 1. The van der Waals surface area contributed by atoms with Crippen molar-refractivity contribution in [3.05, 3.63) is 0 Å². The van der Waals surface area contributed by atoms with Gasteiger partial charge in [-0.2, -0.15) is 0 Å². The van der Waals surface area contributed by atoms with E-state index in [0.29, 0.717) is 23.5 Å². The van der Waals surface area contributed by atoms with Crippen molar-refractivity contribution < 1.29 is 9.90 Å². The van der Waals surface area contributed by atoms with Gasteiger partial charge in [-0.1, -0.05) is 13.8 Å². The lowest BCUT2D eigenvalue weighted by Crippen LogP contribution is -2.32. The van der Waals surface area contributed by atoms with Crippen molar-refractivity contribution in [2.45, 2.75) is 45.1 Å². The monoisotopic (exact) mass is 182 g/mol. The molecule has 2 rings (SSSR count). The van der Waals surface area contributed by atoms with E-state index in [9.17, 15) is 9.90 Å². The van der Waals surface area contributed by atoms with Crippen LogP contribution in [-0.4, -0.2) is 16.5 Å². The van der Waals surface area contributed by atoms with Crippen LogP contribution in [0.5, 0.6) is 0 Å². The molecule has 0 saturated heterocycles. The molecule has 2 heteroatoms. The number of carbonyl (C=O) groups is 1. The van der Waals surface area contributed by atoms with Crippen LogP contribution in [0.3, 0.4) is 0 Å². The van der Waals surface area contributed by atoms with Crippen LogP contribution in [0.4, 0.5) is 0 Å². The maximum atomic E-state index is 11.2. The Balaban J connectivity index is 2.08. The summed E-state index contributed by atoms with van der Waals surface area (Å²) >= 11 is 0. The molecule has 0 unspecified atom stereocenters. The Kier molecular flexibility index (Phi) is 1.99. The van der Waals surface area contributed by atoms with Crippen molar-refractivity contribution in [1.82, 2.24) is 0 Å². The van der Waals surface area contributed by atoms with Gasteiger partial charge in [-0.05, 0) is 30.6 Å². The van der Waals surface area contributed by atoms with E-state index in [4.69, 9.17) is 0 Å². The highest BCUT2D eigenvalue weighted by Gasteiger charge is 2.49. The zero-order valence-electron chi connectivity index (χ0n) is 8.42. The van der Waals surface area contributed by atoms with Crippen LogP contribution in [0.2, 0.25) is 0 Å². The number of rotatable bonds is 1. The third-order valence-electron chi connectivity index (χ3n) is 3.95. The lowest BCUT2D eigenvalue weighted by Gasteiger charge is -2.28. The van der Waals surface area contributed by atoms with Crippen LogP contribution in [-0.2, 0) is 4.79 Å². The summed E-state index contributed by atoms with van der Waals surface area (Å²) in [5.41, 5.74) is -0.476. The fourth-order valence-corrected chi connectivity index (χ4v) is 2.94. The largest absolute Gasteiger partial charge is 0.390 e. The third kappa shape index (κ3) is 1.41. The molecular formula is C11H18O2. The van der Waals surface area contributed by atoms with E-state index in [1.807, 2.05) is 0 Å². The van der Waals surface area contributed by atoms with Gasteiger partial charge in [0.05, 0.1) is 5.60 Å². The highest BCUT2D eigenvalue weighted by Crippen LogP contribution is 2.49. The molecule has 2 fully saturated rings. The van der Waals surface area contributed by atoms with Gasteiger partial charge in [-0.15, -0.1) is 0 Å². The Labute approximate surface area is 79.3 Å². The summed E-state index contributed by atoms with van der Waals surface area (Å²) < 4.78 is 0. The minimum atomic E-state index is -0.476. The van der Waals surface area contributed by atoms with E-state index in [1.165, 1.54) is 0 Å². The summed E-state index contributed by atoms with van der Waals surface area (Å²) in [5.74, 6) is 1.70. The van der Waals surface area contributed by atoms with Gasteiger partial charge in [0.2, 0.25) is 0 Å². The van der Waals surface area contributed by atoms with Gasteiger partial charge in [-0.25, -0.2) is 0 Å². The Morgan fingerprint density at radius 3 is 2.15 bits per heavy atom. The van der Waals surface area contributed by atoms with Crippen LogP contribution in [0.15, 0.2) is 0 Å². The lowest BCUT2D eigenvalue weighted by atomic mass is 9.86. The first kappa shape index (κ1) is 9.20. The fourth-order valence-electron chi connectivity index (χ4n) is 2.94. The molecule has 1 N–H and O–H groups in total. The first-order chi connectivity index (χ1) is 6.01. The molecule has 0 aromatic heterocycles. The van der Waals surface area contributed by atoms with Gasteiger partial charge >= 0.3 is 0 Å². The smallest absolute Gasteiger partial charge is 0.133 e. The number of hydrogen-bond acceptors (Lipinski definition) is 2. The molecule has 0 bridgehead atoms. The summed E-state index contributed by atoms with van der Waals surface area (Å²) in [7, 11) is 0. The fraction of sp³-hybridized carbons (Fsp3) is 0.909. The predicted octanol–water partition coefficient (Wildman–Crippen LogP) is 1.76. The molecular weight excluding hydrogens is 164 g/mol. The van der Waals surface area contributed by atoms with E-state index < -0.39 is 5.60 Å². The average Bonchev–Trinajstić information content (AvgIpc) is 2.42. The van der Waals surface area contributed by atoms with Gasteiger partial charge in [0.1, 0.15) is 5.78 Å². The number of Topliss-reactive ketones (excluding diaryl/α,β-unsaturated/α-hetero) is 1. The molecule has 2 aliphatic rings. The van der Waals surface area contributed by atoms with Gasteiger partial charge in [0.15, 0.2) is 0 Å². The highest BCUT2D eigenvalue weighted by atomic mass is 16.3. The summed E-state index contributed by atoms with van der Waals surface area (Å²) in [6, 6.07) is 0. The zero-order chi connectivity index (χ0) is 9.64. The third-order valence-corrected chi connectivity index (χ3v) is 3.95. The van der Waals surface area contributed by atoms with E-state index in [0.717, 1.165) is 25.7 Å². The summed E-state index contributed by atoms with van der Waals surface area (Å²) in [5, 5.41) is 10.2. The number of fused-ring (bicyclic) bond motifs is 1. The molecule has 3 atom stereocenters.